The zero-order valence-corrected chi connectivity index (χ0v) is 9.28. The second-order valence-electron chi connectivity index (χ2n) is 3.10. The Bertz CT molecular complexity index is 524. The summed E-state index contributed by atoms with van der Waals surface area (Å²) in [4.78, 5) is 20.5. The fraction of sp³-hybridized carbons (Fsp3) is 0.100. The van der Waals surface area contributed by atoms with Crippen LogP contribution in [0.25, 0.3) is 0 Å². The number of aromatic hydroxyl groups is 1. The van der Waals surface area contributed by atoms with E-state index in [2.05, 4.69) is 15.3 Å². The number of hydrogen-bond donors (Lipinski definition) is 2. The number of thiazole rings is 1. The molecule has 2 rings (SSSR count). The predicted octanol–water partition coefficient (Wildman–Crippen LogP) is 1.80. The Kier molecular flexibility index (Phi) is 2.82. The quantitative estimate of drug-likeness (QED) is 0.832. The Hall–Kier alpha value is -1.95. The van der Waals surface area contributed by atoms with E-state index in [1.807, 2.05) is 6.92 Å². The second kappa shape index (κ2) is 4.28. The molecule has 0 aliphatic rings. The maximum atomic E-state index is 11.7. The third-order valence-electron chi connectivity index (χ3n) is 1.84. The van der Waals surface area contributed by atoms with E-state index >= 15 is 0 Å². The Labute approximate surface area is 95.8 Å². The third kappa shape index (κ3) is 2.17. The van der Waals surface area contributed by atoms with Crippen LogP contribution in [-0.2, 0) is 0 Å². The normalized spacial score (nSPS) is 10.1. The zero-order chi connectivity index (χ0) is 11.5. The van der Waals surface area contributed by atoms with Gasteiger partial charge in [0.15, 0.2) is 10.8 Å². The minimum atomic E-state index is -0.465. The summed E-state index contributed by atoms with van der Waals surface area (Å²) in [7, 11) is 0. The maximum absolute atomic E-state index is 11.7. The van der Waals surface area contributed by atoms with Gasteiger partial charge in [0.05, 0.1) is 0 Å². The number of aryl methyl sites for hydroxylation is 1. The van der Waals surface area contributed by atoms with Gasteiger partial charge in [0.1, 0.15) is 5.75 Å². The molecule has 2 aromatic heterocycles. The number of rotatable bonds is 2. The summed E-state index contributed by atoms with van der Waals surface area (Å²) in [5.41, 5.74) is -0.00430. The summed E-state index contributed by atoms with van der Waals surface area (Å²) in [6, 6.07) is 2.97. The molecule has 0 atom stereocenters. The molecule has 0 bridgehead atoms. The minimum Gasteiger partial charge on any atom is -0.505 e. The predicted molar refractivity (Wildman–Crippen MR) is 60.7 cm³/mol. The molecule has 0 saturated carbocycles. The van der Waals surface area contributed by atoms with Gasteiger partial charge in [0.25, 0.3) is 5.91 Å². The molecule has 0 radical (unpaired) electrons. The number of hydrogen-bond acceptors (Lipinski definition) is 5. The molecule has 0 saturated heterocycles. The molecule has 0 aliphatic heterocycles. The van der Waals surface area contributed by atoms with E-state index in [9.17, 15) is 9.90 Å². The first-order valence-corrected chi connectivity index (χ1v) is 5.36. The van der Waals surface area contributed by atoms with Gasteiger partial charge in [0.2, 0.25) is 0 Å². The number of carbonyl (C=O) groups is 1. The fourth-order valence-electron chi connectivity index (χ4n) is 1.14. The number of nitrogens with one attached hydrogen (secondary N) is 1. The number of nitrogens with zero attached hydrogens (tertiary/aromatic N) is 2. The van der Waals surface area contributed by atoms with Gasteiger partial charge in [-0.2, -0.15) is 0 Å². The van der Waals surface area contributed by atoms with Crippen molar-refractivity contribution in [3.8, 4) is 5.75 Å². The van der Waals surface area contributed by atoms with Gasteiger partial charge in [-0.1, -0.05) is 0 Å². The van der Waals surface area contributed by atoms with E-state index in [1.165, 1.54) is 23.6 Å². The zero-order valence-electron chi connectivity index (χ0n) is 8.47. The number of aromatic nitrogens is 2. The smallest absolute Gasteiger partial charge is 0.279 e. The van der Waals surface area contributed by atoms with Crippen LogP contribution in [0.3, 0.4) is 0 Å². The fourth-order valence-corrected chi connectivity index (χ4v) is 1.80. The average Bonchev–Trinajstić information content (AvgIpc) is 2.64. The van der Waals surface area contributed by atoms with Crippen LogP contribution in [0.1, 0.15) is 15.4 Å². The minimum absolute atomic E-state index is 0.00430. The van der Waals surface area contributed by atoms with E-state index in [4.69, 9.17) is 0 Å². The molecule has 5 nitrogen and oxygen atoms in total. The highest BCUT2D eigenvalue weighted by molar-refractivity contribution is 7.15. The molecule has 0 unspecified atom stereocenters. The van der Waals surface area contributed by atoms with Gasteiger partial charge in [-0.25, -0.2) is 9.97 Å². The molecule has 0 fully saturated rings. The van der Waals surface area contributed by atoms with Crippen LogP contribution >= 0.6 is 11.3 Å². The van der Waals surface area contributed by atoms with E-state index < -0.39 is 5.91 Å². The monoisotopic (exact) mass is 235 g/mol. The van der Waals surface area contributed by atoms with Crippen LogP contribution in [-0.4, -0.2) is 21.0 Å². The molecular weight excluding hydrogens is 226 g/mol. The summed E-state index contributed by atoms with van der Waals surface area (Å²) in [5, 5.41) is 12.5. The van der Waals surface area contributed by atoms with Crippen molar-refractivity contribution < 1.29 is 9.90 Å². The van der Waals surface area contributed by atoms with Gasteiger partial charge >= 0.3 is 0 Å². The molecule has 16 heavy (non-hydrogen) atoms. The van der Waals surface area contributed by atoms with Gasteiger partial charge in [0, 0.05) is 17.3 Å². The lowest BCUT2D eigenvalue weighted by Crippen LogP contribution is -2.13. The Morgan fingerprint density at radius 1 is 1.50 bits per heavy atom. The highest BCUT2D eigenvalue weighted by atomic mass is 32.1. The van der Waals surface area contributed by atoms with Crippen LogP contribution in [0, 0.1) is 6.92 Å². The van der Waals surface area contributed by atoms with E-state index in [0.29, 0.717) is 5.13 Å². The van der Waals surface area contributed by atoms with Crippen LogP contribution < -0.4 is 5.32 Å². The number of carbonyl (C=O) groups excluding carboxylic acids is 1. The van der Waals surface area contributed by atoms with Crippen molar-refractivity contribution >= 4 is 22.4 Å². The Balaban J connectivity index is 2.18. The van der Waals surface area contributed by atoms with E-state index in [-0.39, 0.29) is 11.4 Å². The summed E-state index contributed by atoms with van der Waals surface area (Å²) >= 11 is 1.36. The summed E-state index contributed by atoms with van der Waals surface area (Å²) < 4.78 is 0. The van der Waals surface area contributed by atoms with Crippen molar-refractivity contribution in [3.05, 3.63) is 35.1 Å². The first-order valence-electron chi connectivity index (χ1n) is 4.54. The largest absolute Gasteiger partial charge is 0.505 e. The Morgan fingerprint density at radius 2 is 2.31 bits per heavy atom. The van der Waals surface area contributed by atoms with Crippen molar-refractivity contribution in [2.75, 3.05) is 5.32 Å². The molecule has 0 aromatic carbocycles. The van der Waals surface area contributed by atoms with Gasteiger partial charge in [-0.15, -0.1) is 11.3 Å². The van der Waals surface area contributed by atoms with Crippen LogP contribution in [0.15, 0.2) is 24.5 Å². The lowest BCUT2D eigenvalue weighted by Gasteiger charge is -2.02. The highest BCUT2D eigenvalue weighted by Gasteiger charge is 2.13. The summed E-state index contributed by atoms with van der Waals surface area (Å²) in [6.07, 6.45) is 3.11. The van der Waals surface area contributed by atoms with Crippen molar-refractivity contribution in [3.63, 3.8) is 0 Å². The first kappa shape index (κ1) is 10.6. The van der Waals surface area contributed by atoms with E-state index in [1.54, 1.807) is 12.3 Å². The molecule has 82 valence electrons. The SMILES string of the molecule is Cc1cnc(NC(=O)c2ncccc2O)s1. The highest BCUT2D eigenvalue weighted by Crippen LogP contribution is 2.19. The third-order valence-corrected chi connectivity index (χ3v) is 2.67. The average molecular weight is 235 g/mol. The van der Waals surface area contributed by atoms with Crippen LogP contribution in [0.4, 0.5) is 5.13 Å². The first-order chi connectivity index (χ1) is 7.66. The number of amides is 1. The topological polar surface area (TPSA) is 75.1 Å². The van der Waals surface area contributed by atoms with Gasteiger partial charge < -0.3 is 5.11 Å². The van der Waals surface area contributed by atoms with Gasteiger partial charge in [-0.3, -0.25) is 10.1 Å². The summed E-state index contributed by atoms with van der Waals surface area (Å²) in [6.45, 7) is 1.89. The van der Waals surface area contributed by atoms with Crippen molar-refractivity contribution in [1.29, 1.82) is 0 Å². The number of pyridine rings is 1. The molecule has 0 spiro atoms. The van der Waals surface area contributed by atoms with Gasteiger partial charge in [-0.05, 0) is 19.1 Å². The lowest BCUT2D eigenvalue weighted by molar-refractivity contribution is 0.101. The molecule has 2 aromatic rings. The standard InChI is InChI=1S/C10H9N3O2S/c1-6-5-12-10(16-6)13-9(15)8-7(14)3-2-4-11-8/h2-5,14H,1H3,(H,12,13,15). The Morgan fingerprint density at radius 3 is 2.94 bits per heavy atom. The van der Waals surface area contributed by atoms with E-state index in [0.717, 1.165) is 4.88 Å². The van der Waals surface area contributed by atoms with Crippen molar-refractivity contribution in [1.82, 2.24) is 9.97 Å². The molecule has 2 heterocycles. The van der Waals surface area contributed by atoms with Crippen molar-refractivity contribution in [2.45, 2.75) is 6.92 Å². The molecular formula is C10H9N3O2S. The maximum Gasteiger partial charge on any atom is 0.279 e. The van der Waals surface area contributed by atoms with Crippen molar-refractivity contribution in [2.24, 2.45) is 0 Å². The lowest BCUT2D eigenvalue weighted by atomic mass is 10.3. The molecule has 6 heteroatoms. The summed E-state index contributed by atoms with van der Waals surface area (Å²) in [5.74, 6) is -0.610. The van der Waals surface area contributed by atoms with Crippen LogP contribution in [0.5, 0.6) is 5.75 Å². The molecule has 0 aliphatic carbocycles. The molecule has 2 N–H and O–H groups in total. The van der Waals surface area contributed by atoms with Crippen LogP contribution in [0.2, 0.25) is 0 Å². The second-order valence-corrected chi connectivity index (χ2v) is 4.34. The number of anilines is 1. The molecule has 1 amide bonds.